The molecular weight excluding hydrogens is 732 g/mol. The molecule has 18 heteroatoms. The Bertz CT molecular complexity index is 1910. The van der Waals surface area contributed by atoms with Crippen molar-refractivity contribution in [1.82, 2.24) is 29.3 Å². The summed E-state index contributed by atoms with van der Waals surface area (Å²) in [5.74, 6) is -14.9. The molecule has 3 aromatic rings. The topological polar surface area (TPSA) is 53.5 Å². The van der Waals surface area contributed by atoms with Gasteiger partial charge in [-0.05, 0) is 87.0 Å². The highest BCUT2D eigenvalue weighted by Gasteiger charge is 2.69. The van der Waals surface area contributed by atoms with E-state index in [9.17, 15) is 52.7 Å². The molecule has 0 N–H and O–H groups in total. The molecule has 5 atom stereocenters. The van der Waals surface area contributed by atoms with E-state index in [1.165, 1.54) is 18.5 Å². The first-order chi connectivity index (χ1) is 24.0. The van der Waals surface area contributed by atoms with Gasteiger partial charge in [-0.2, -0.15) is 54.8 Å². The summed E-state index contributed by atoms with van der Waals surface area (Å²) in [6, 6.07) is -0.879. The maximum atomic E-state index is 14.3. The molecular formula is C35H42F12N6. The van der Waals surface area contributed by atoms with Crippen molar-refractivity contribution in [3.63, 3.8) is 0 Å². The lowest BCUT2D eigenvalue weighted by Gasteiger charge is -2.30. The van der Waals surface area contributed by atoms with Crippen LogP contribution in [0.5, 0.6) is 0 Å². The molecule has 0 amide bonds. The Morgan fingerprint density at radius 3 is 1.60 bits per heavy atom. The van der Waals surface area contributed by atoms with E-state index in [2.05, 4.69) is 15.3 Å². The van der Waals surface area contributed by atoms with Crippen LogP contribution in [0.4, 0.5) is 52.7 Å². The maximum Gasteiger partial charge on any atom is 0.435 e. The Kier molecular flexibility index (Phi) is 8.86. The summed E-state index contributed by atoms with van der Waals surface area (Å²) in [6.07, 6.45) is -7.01. The second-order valence-corrected chi connectivity index (χ2v) is 16.4. The number of nitrogens with zero attached hydrogens (tertiary/aromatic N) is 6. The van der Waals surface area contributed by atoms with Gasteiger partial charge in [-0.25, -0.2) is 13.2 Å². The van der Waals surface area contributed by atoms with Crippen LogP contribution in [0.15, 0.2) is 0 Å². The number of hydrogen-bond acceptors (Lipinski definition) is 3. The van der Waals surface area contributed by atoms with Gasteiger partial charge in [0, 0.05) is 47.9 Å². The van der Waals surface area contributed by atoms with Crippen molar-refractivity contribution in [2.45, 2.75) is 153 Å². The molecule has 0 saturated heterocycles. The fraction of sp³-hybridized carbons (Fsp3) is 0.743. The number of hydrogen-bond donors (Lipinski definition) is 0. The van der Waals surface area contributed by atoms with Gasteiger partial charge in [0.05, 0.1) is 16.8 Å². The third kappa shape index (κ3) is 6.15. The molecule has 1 unspecified atom stereocenters. The lowest BCUT2D eigenvalue weighted by atomic mass is 9.89. The lowest BCUT2D eigenvalue weighted by Crippen LogP contribution is -2.32. The fourth-order valence-electron chi connectivity index (χ4n) is 8.07. The Labute approximate surface area is 298 Å². The number of halogens is 12. The van der Waals surface area contributed by atoms with Crippen molar-refractivity contribution in [2.24, 2.45) is 11.8 Å². The summed E-state index contributed by atoms with van der Waals surface area (Å²) in [5, 5.41) is 11.4. The minimum Gasteiger partial charge on any atom is -0.260 e. The van der Waals surface area contributed by atoms with E-state index in [1.807, 2.05) is 20.8 Å². The van der Waals surface area contributed by atoms with Crippen molar-refractivity contribution in [2.75, 3.05) is 0 Å². The highest BCUT2D eigenvalue weighted by Crippen LogP contribution is 2.69. The van der Waals surface area contributed by atoms with E-state index in [-0.39, 0.29) is 41.0 Å². The van der Waals surface area contributed by atoms with Crippen molar-refractivity contribution in [3.8, 4) is 0 Å². The number of aromatic nitrogens is 6. The van der Waals surface area contributed by atoms with Gasteiger partial charge in [-0.3, -0.25) is 14.0 Å². The van der Waals surface area contributed by atoms with E-state index in [0.29, 0.717) is 12.0 Å². The van der Waals surface area contributed by atoms with Crippen LogP contribution >= 0.6 is 0 Å². The first-order valence-corrected chi connectivity index (χ1v) is 17.6. The molecule has 3 aromatic heterocycles. The van der Waals surface area contributed by atoms with Crippen LogP contribution < -0.4 is 0 Å². The summed E-state index contributed by atoms with van der Waals surface area (Å²) >= 11 is 0. The van der Waals surface area contributed by atoms with E-state index in [4.69, 9.17) is 0 Å². The molecule has 8 rings (SSSR count). The molecule has 6 nitrogen and oxygen atoms in total. The monoisotopic (exact) mass is 774 g/mol. The first-order valence-electron chi connectivity index (χ1n) is 17.6. The normalized spacial score (nSPS) is 26.8. The number of alkyl halides is 12. The molecule has 0 radical (unpaired) electrons. The zero-order valence-corrected chi connectivity index (χ0v) is 30.6. The average Bonchev–Trinajstić information content (AvgIpc) is 3.77. The third-order valence-electron chi connectivity index (χ3n) is 10.6. The highest BCUT2D eigenvalue weighted by molar-refractivity contribution is 5.48. The minimum absolute atomic E-state index is 0.00178. The Morgan fingerprint density at radius 1 is 0.660 bits per heavy atom. The summed E-state index contributed by atoms with van der Waals surface area (Å²) in [5.41, 5.74) is -3.03. The molecule has 296 valence electrons. The van der Waals surface area contributed by atoms with Crippen molar-refractivity contribution in [3.05, 3.63) is 50.9 Å². The molecule has 0 spiro atoms. The van der Waals surface area contributed by atoms with E-state index < -0.39 is 101 Å². The Hall–Kier alpha value is -3.21. The van der Waals surface area contributed by atoms with Gasteiger partial charge in [-0.15, -0.1) is 0 Å². The second kappa shape index (κ2) is 11.9. The first kappa shape index (κ1) is 39.5. The molecule has 2 fully saturated rings. The van der Waals surface area contributed by atoms with Gasteiger partial charge in [0.1, 0.15) is 28.9 Å². The molecule has 53 heavy (non-hydrogen) atoms. The Balaban J connectivity index is 0.000000136. The van der Waals surface area contributed by atoms with Crippen molar-refractivity contribution in [1.29, 1.82) is 0 Å². The SMILES string of the molecule is CC(C)n1nc(C(F)(F)F)c2c1C(F)(F)[C@@H]1C[C@H]21.CC(F)c1nn(C(C)(C)C)c2c1[C@H]1C[C@H]1C2(F)F.Cc1nn(C(C)C)c2c1C(F)(F)CCC2(F)F. The fourth-order valence-corrected chi connectivity index (χ4v) is 8.07. The van der Waals surface area contributed by atoms with Crippen LogP contribution in [0.2, 0.25) is 0 Å². The second-order valence-electron chi connectivity index (χ2n) is 16.4. The maximum absolute atomic E-state index is 14.3. The lowest BCUT2D eigenvalue weighted by molar-refractivity contribution is -0.142. The zero-order chi connectivity index (χ0) is 39.9. The molecule has 2 saturated carbocycles. The van der Waals surface area contributed by atoms with Gasteiger partial charge in [0.2, 0.25) is 0 Å². The average molecular weight is 775 g/mol. The van der Waals surface area contributed by atoms with Gasteiger partial charge >= 0.3 is 6.18 Å². The minimum atomic E-state index is -4.67. The predicted octanol–water partition coefficient (Wildman–Crippen LogP) is 11.3. The van der Waals surface area contributed by atoms with Crippen LogP contribution in [0.3, 0.4) is 0 Å². The number of fused-ring (bicyclic) bond motifs is 7. The molecule has 0 aliphatic heterocycles. The zero-order valence-electron chi connectivity index (χ0n) is 30.6. The van der Waals surface area contributed by atoms with Crippen molar-refractivity contribution < 1.29 is 52.7 Å². The van der Waals surface area contributed by atoms with Crippen molar-refractivity contribution >= 4 is 0 Å². The van der Waals surface area contributed by atoms with Gasteiger partial charge in [0.25, 0.3) is 23.7 Å². The van der Waals surface area contributed by atoms with Crippen LogP contribution in [0.25, 0.3) is 0 Å². The molecule has 5 aliphatic rings. The largest absolute Gasteiger partial charge is 0.435 e. The summed E-state index contributed by atoms with van der Waals surface area (Å²) < 4.78 is 167. The molecule has 5 aliphatic carbocycles. The highest BCUT2D eigenvalue weighted by atomic mass is 19.4. The van der Waals surface area contributed by atoms with Crippen LogP contribution in [-0.4, -0.2) is 29.3 Å². The Morgan fingerprint density at radius 2 is 1.13 bits per heavy atom. The quantitative estimate of drug-likeness (QED) is 0.249. The standard InChI is InChI=1S/C13H17F3N2.C11H11F5N2.C11H14F4N2/c1-6(14)10-9-7-5-8(7)13(15,16)11(9)18(17-10)12(2,3)4;1-4(2)18-9-7(8(17-18)11(14,15)16)5-3-6(5)10(9,12)13;1-6(2)17-9-8(7(3)16-17)10(12,13)4-5-11(9,14)15/h6-8H,5H2,1-4H3;4-6H,3H2,1-2H3;6H,4-5H2,1-3H3/t6?,7-,8+;5-,6+;/m00./s1. The van der Waals surface area contributed by atoms with Gasteiger partial charge < -0.3 is 0 Å². The number of aryl methyl sites for hydroxylation is 1. The molecule has 3 heterocycles. The van der Waals surface area contributed by atoms with E-state index in [0.717, 1.165) is 9.36 Å². The molecule has 0 bridgehead atoms. The van der Waals surface area contributed by atoms with Gasteiger partial charge in [-0.1, -0.05) is 0 Å². The predicted molar refractivity (Wildman–Crippen MR) is 168 cm³/mol. The van der Waals surface area contributed by atoms with Crippen LogP contribution in [0, 0.1) is 18.8 Å². The molecule has 0 aromatic carbocycles. The van der Waals surface area contributed by atoms with Crippen LogP contribution in [-0.2, 0) is 35.4 Å². The smallest absolute Gasteiger partial charge is 0.260 e. The van der Waals surface area contributed by atoms with Gasteiger partial charge in [0.15, 0.2) is 5.69 Å². The van der Waals surface area contributed by atoms with E-state index >= 15 is 0 Å². The summed E-state index contributed by atoms with van der Waals surface area (Å²) in [4.78, 5) is 0. The third-order valence-corrected chi connectivity index (χ3v) is 10.6. The van der Waals surface area contributed by atoms with E-state index in [1.54, 1.807) is 27.7 Å². The number of rotatable bonds is 3. The van der Waals surface area contributed by atoms with Crippen LogP contribution in [0.1, 0.15) is 162 Å². The summed E-state index contributed by atoms with van der Waals surface area (Å²) in [6.45, 7) is 14.6. The summed E-state index contributed by atoms with van der Waals surface area (Å²) in [7, 11) is 0.